The molecule has 6 nitrogen and oxygen atoms in total. The first kappa shape index (κ1) is 22.2. The van der Waals surface area contributed by atoms with Gasteiger partial charge in [-0.3, -0.25) is 14.4 Å². The average Bonchev–Trinajstić information content (AvgIpc) is 3.33. The second-order valence-electron chi connectivity index (χ2n) is 8.66. The molecule has 0 spiro atoms. The summed E-state index contributed by atoms with van der Waals surface area (Å²) in [4.78, 5) is 42.3. The number of benzene rings is 2. The highest BCUT2D eigenvalue weighted by Crippen LogP contribution is 2.28. The van der Waals surface area contributed by atoms with Crippen molar-refractivity contribution in [3.63, 3.8) is 0 Å². The van der Waals surface area contributed by atoms with Gasteiger partial charge in [-0.15, -0.1) is 0 Å². The molecule has 6 heteroatoms. The third kappa shape index (κ3) is 4.75. The Morgan fingerprint density at radius 1 is 0.906 bits per heavy atom. The molecule has 32 heavy (non-hydrogen) atoms. The first-order valence-electron chi connectivity index (χ1n) is 11.4. The van der Waals surface area contributed by atoms with Gasteiger partial charge in [0.25, 0.3) is 0 Å². The summed E-state index contributed by atoms with van der Waals surface area (Å²) in [6.45, 7) is 0.330. The molecular formula is C26H30N2O4. The standard InChI is InChI=1S/C26H30N2O4/c29-18-24(30)22-13-7-15-27(22)26(32)23-16-20-11-4-5-12-21(20)17-28(23)25(31)14-6-10-19-8-2-1-3-9-19/h1-5,8-9,11-12,22-23,29H,6-7,10,13-18H2/t22-,23-/m0/s1. The van der Waals surface area contributed by atoms with Gasteiger partial charge in [0.05, 0.1) is 6.04 Å². The van der Waals surface area contributed by atoms with Crippen molar-refractivity contribution in [1.29, 1.82) is 0 Å². The second-order valence-corrected chi connectivity index (χ2v) is 8.66. The molecule has 2 aromatic carbocycles. The average molecular weight is 435 g/mol. The Labute approximate surface area is 188 Å². The van der Waals surface area contributed by atoms with Crippen molar-refractivity contribution < 1.29 is 19.5 Å². The Balaban J connectivity index is 1.50. The summed E-state index contributed by atoms with van der Waals surface area (Å²) in [5.41, 5.74) is 3.33. The van der Waals surface area contributed by atoms with Gasteiger partial charge < -0.3 is 14.9 Å². The molecule has 2 aliphatic heterocycles. The van der Waals surface area contributed by atoms with Crippen LogP contribution in [0.15, 0.2) is 54.6 Å². The highest BCUT2D eigenvalue weighted by atomic mass is 16.3. The van der Waals surface area contributed by atoms with Gasteiger partial charge in [0.2, 0.25) is 11.8 Å². The number of carbonyl (C=O) groups excluding carboxylic acids is 3. The first-order valence-corrected chi connectivity index (χ1v) is 11.4. The molecule has 1 saturated heterocycles. The van der Waals surface area contributed by atoms with Gasteiger partial charge in [-0.05, 0) is 42.4 Å². The number of hydrogen-bond donors (Lipinski definition) is 1. The van der Waals surface area contributed by atoms with E-state index in [4.69, 9.17) is 0 Å². The van der Waals surface area contributed by atoms with E-state index in [9.17, 15) is 19.5 Å². The summed E-state index contributed by atoms with van der Waals surface area (Å²) in [5.74, 6) is -0.536. The highest BCUT2D eigenvalue weighted by Gasteiger charge is 2.41. The van der Waals surface area contributed by atoms with Crippen LogP contribution in [0.4, 0.5) is 0 Å². The fraction of sp³-hybridized carbons (Fsp3) is 0.423. The molecule has 0 bridgehead atoms. The number of hydrogen-bond acceptors (Lipinski definition) is 4. The van der Waals surface area contributed by atoms with Gasteiger partial charge in [0.15, 0.2) is 5.78 Å². The molecule has 2 aliphatic rings. The number of fused-ring (bicyclic) bond motifs is 1. The molecule has 4 rings (SSSR count). The Kier molecular flexibility index (Phi) is 7.00. The summed E-state index contributed by atoms with van der Waals surface area (Å²) in [6.07, 6.45) is 3.66. The van der Waals surface area contributed by atoms with Crippen molar-refractivity contribution >= 4 is 17.6 Å². The molecule has 2 aromatic rings. The zero-order chi connectivity index (χ0) is 22.5. The SMILES string of the molecule is O=C(CO)[C@@H]1CCCN1C(=O)[C@@H]1Cc2ccccc2CN1C(=O)CCCc1ccccc1. The summed E-state index contributed by atoms with van der Waals surface area (Å²) < 4.78 is 0. The van der Waals surface area contributed by atoms with Crippen LogP contribution in [0.3, 0.4) is 0 Å². The molecule has 2 heterocycles. The molecule has 0 saturated carbocycles. The number of amides is 2. The lowest BCUT2D eigenvalue weighted by atomic mass is 9.92. The lowest BCUT2D eigenvalue weighted by molar-refractivity contribution is -0.149. The minimum atomic E-state index is -0.610. The maximum Gasteiger partial charge on any atom is 0.246 e. The Bertz CT molecular complexity index is 975. The minimum absolute atomic E-state index is 0.0296. The number of aliphatic hydroxyl groups is 1. The largest absolute Gasteiger partial charge is 0.389 e. The Morgan fingerprint density at radius 2 is 1.62 bits per heavy atom. The van der Waals surface area contributed by atoms with Gasteiger partial charge in [-0.1, -0.05) is 54.6 Å². The van der Waals surface area contributed by atoms with E-state index in [0.717, 1.165) is 30.4 Å². The lowest BCUT2D eigenvalue weighted by Crippen LogP contribution is -2.55. The van der Waals surface area contributed by atoms with E-state index in [0.29, 0.717) is 32.4 Å². The van der Waals surface area contributed by atoms with Crippen LogP contribution < -0.4 is 0 Å². The van der Waals surface area contributed by atoms with Gasteiger partial charge in [0, 0.05) is 25.9 Å². The smallest absolute Gasteiger partial charge is 0.246 e. The second kappa shape index (κ2) is 10.1. The molecule has 1 fully saturated rings. The zero-order valence-electron chi connectivity index (χ0n) is 18.3. The van der Waals surface area contributed by atoms with Crippen molar-refractivity contribution in [2.24, 2.45) is 0 Å². The number of rotatable bonds is 7. The van der Waals surface area contributed by atoms with Crippen molar-refractivity contribution in [2.75, 3.05) is 13.2 Å². The highest BCUT2D eigenvalue weighted by molar-refractivity contribution is 5.94. The molecule has 0 aromatic heterocycles. The third-order valence-electron chi connectivity index (χ3n) is 6.62. The summed E-state index contributed by atoms with van der Waals surface area (Å²) in [7, 11) is 0. The number of aliphatic hydroxyl groups excluding tert-OH is 1. The normalized spacial score (nSPS) is 20.2. The van der Waals surface area contributed by atoms with Crippen molar-refractivity contribution in [1.82, 2.24) is 9.80 Å². The van der Waals surface area contributed by atoms with Crippen molar-refractivity contribution in [3.8, 4) is 0 Å². The van der Waals surface area contributed by atoms with E-state index in [-0.39, 0.29) is 17.6 Å². The summed E-state index contributed by atoms with van der Waals surface area (Å²) in [5, 5.41) is 9.31. The monoisotopic (exact) mass is 434 g/mol. The van der Waals surface area contributed by atoms with E-state index < -0.39 is 18.7 Å². The fourth-order valence-electron chi connectivity index (χ4n) is 4.90. The number of ketones is 1. The lowest BCUT2D eigenvalue weighted by Gasteiger charge is -2.39. The van der Waals surface area contributed by atoms with Gasteiger partial charge >= 0.3 is 0 Å². The predicted molar refractivity (Wildman–Crippen MR) is 121 cm³/mol. The van der Waals surface area contributed by atoms with Gasteiger partial charge in [-0.25, -0.2) is 0 Å². The zero-order valence-corrected chi connectivity index (χ0v) is 18.3. The quantitative estimate of drug-likeness (QED) is 0.726. The van der Waals surface area contributed by atoms with Gasteiger partial charge in [-0.2, -0.15) is 0 Å². The van der Waals surface area contributed by atoms with Crippen LogP contribution in [-0.4, -0.2) is 57.7 Å². The topological polar surface area (TPSA) is 77.9 Å². The number of nitrogens with zero attached hydrogens (tertiary/aromatic N) is 2. The van der Waals surface area contributed by atoms with Gasteiger partial charge in [0.1, 0.15) is 12.6 Å². The van der Waals surface area contributed by atoms with E-state index in [2.05, 4.69) is 12.1 Å². The summed E-state index contributed by atoms with van der Waals surface area (Å²) >= 11 is 0. The predicted octanol–water partition coefficient (Wildman–Crippen LogP) is 2.52. The minimum Gasteiger partial charge on any atom is -0.389 e. The van der Waals surface area contributed by atoms with Crippen molar-refractivity contribution in [2.45, 2.75) is 57.2 Å². The van der Waals surface area contributed by atoms with E-state index >= 15 is 0 Å². The van der Waals surface area contributed by atoms with Crippen LogP contribution in [0.1, 0.15) is 42.4 Å². The molecular weight excluding hydrogens is 404 g/mol. The van der Waals surface area contributed by atoms with E-state index in [1.54, 1.807) is 9.80 Å². The fourth-order valence-corrected chi connectivity index (χ4v) is 4.90. The maximum atomic E-state index is 13.5. The first-order chi connectivity index (χ1) is 15.6. The number of aryl methyl sites for hydroxylation is 1. The molecule has 168 valence electrons. The number of Topliss-reactive ketones (excluding diaryl/α,β-unsaturated/α-hetero) is 1. The van der Waals surface area contributed by atoms with E-state index in [1.807, 2.05) is 42.5 Å². The number of likely N-dealkylation sites (tertiary alicyclic amines) is 1. The van der Waals surface area contributed by atoms with Crippen LogP contribution in [0.2, 0.25) is 0 Å². The third-order valence-corrected chi connectivity index (χ3v) is 6.62. The van der Waals surface area contributed by atoms with E-state index in [1.165, 1.54) is 5.56 Å². The molecule has 0 unspecified atom stereocenters. The maximum absolute atomic E-state index is 13.5. The molecule has 0 radical (unpaired) electrons. The van der Waals surface area contributed by atoms with Crippen LogP contribution >= 0.6 is 0 Å². The molecule has 1 N–H and O–H groups in total. The van der Waals surface area contributed by atoms with Crippen LogP contribution in [0.5, 0.6) is 0 Å². The molecule has 0 aliphatic carbocycles. The van der Waals surface area contributed by atoms with Crippen molar-refractivity contribution in [3.05, 3.63) is 71.3 Å². The van der Waals surface area contributed by atoms with Crippen LogP contribution in [-0.2, 0) is 33.8 Å². The summed E-state index contributed by atoms with van der Waals surface area (Å²) in [6, 6.07) is 16.8. The van der Waals surface area contributed by atoms with Crippen LogP contribution in [0, 0.1) is 0 Å². The molecule has 2 amide bonds. The Hall–Kier alpha value is -2.99. The Morgan fingerprint density at radius 3 is 2.38 bits per heavy atom. The number of carbonyl (C=O) groups is 3. The van der Waals surface area contributed by atoms with Crippen LogP contribution in [0.25, 0.3) is 0 Å². The molecule has 2 atom stereocenters.